The van der Waals surface area contributed by atoms with Crippen molar-refractivity contribution in [3.05, 3.63) is 70.3 Å². The van der Waals surface area contributed by atoms with Crippen molar-refractivity contribution < 1.29 is 27.5 Å². The number of carbonyl (C=O) groups is 1. The zero-order valence-corrected chi connectivity index (χ0v) is 14.5. The Morgan fingerprint density at radius 3 is 1.96 bits per heavy atom. The molecule has 1 atom stereocenters. The van der Waals surface area contributed by atoms with Crippen molar-refractivity contribution in [1.29, 1.82) is 0 Å². The van der Waals surface area contributed by atoms with Crippen LogP contribution in [0.2, 0.25) is 0 Å². The fraction of sp³-hybridized carbons (Fsp3) is 0.316. The second-order valence-electron chi connectivity index (χ2n) is 6.92. The summed E-state index contributed by atoms with van der Waals surface area (Å²) in [4.78, 5) is 12.1. The normalized spacial score (nSPS) is 12.8. The van der Waals surface area contributed by atoms with Crippen LogP contribution in [0.5, 0.6) is 0 Å². The van der Waals surface area contributed by atoms with Gasteiger partial charge in [0.25, 0.3) is 5.91 Å². The van der Waals surface area contributed by atoms with E-state index in [4.69, 9.17) is 0 Å². The van der Waals surface area contributed by atoms with Crippen LogP contribution in [-0.4, -0.2) is 17.6 Å². The van der Waals surface area contributed by atoms with Crippen LogP contribution in [0, 0.1) is 23.3 Å². The van der Waals surface area contributed by atoms with Gasteiger partial charge < -0.3 is 10.4 Å². The number of benzene rings is 2. The quantitative estimate of drug-likeness (QED) is 0.632. The molecule has 0 aliphatic carbocycles. The third-order valence-corrected chi connectivity index (χ3v) is 4.01. The average Bonchev–Trinajstić information content (AvgIpc) is 2.57. The molecule has 2 aromatic rings. The van der Waals surface area contributed by atoms with Crippen molar-refractivity contribution in [2.24, 2.45) is 0 Å². The minimum absolute atomic E-state index is 0.0240. The number of nitrogens with one attached hydrogen (secondary N) is 1. The Morgan fingerprint density at radius 2 is 1.54 bits per heavy atom. The Bertz CT molecular complexity index is 788. The van der Waals surface area contributed by atoms with Gasteiger partial charge in [-0.2, -0.15) is 0 Å². The average molecular weight is 369 g/mol. The van der Waals surface area contributed by atoms with Crippen LogP contribution >= 0.6 is 0 Å². The molecule has 2 aromatic carbocycles. The lowest BCUT2D eigenvalue weighted by Gasteiger charge is -2.21. The predicted octanol–water partition coefficient (Wildman–Crippen LogP) is 4.00. The van der Waals surface area contributed by atoms with E-state index in [2.05, 4.69) is 5.32 Å². The summed E-state index contributed by atoms with van der Waals surface area (Å²) in [6, 6.07) is 5.93. The standard InChI is InChI=1S/C19H19F4NO2/c1-19(2,3)11-6-4-10(5-7-11)14(9-25)24-18(26)15-16(22)12(20)8-13(21)17(15)23/h4-8,14,25H,9H2,1-3H3,(H,24,26). The maximum atomic E-state index is 13.7. The summed E-state index contributed by atoms with van der Waals surface area (Å²) >= 11 is 0. The molecule has 2 N–H and O–H groups in total. The number of aliphatic hydroxyl groups excluding tert-OH is 1. The summed E-state index contributed by atoms with van der Waals surface area (Å²) < 4.78 is 54.0. The smallest absolute Gasteiger partial charge is 0.258 e. The molecule has 0 heterocycles. The van der Waals surface area contributed by atoms with Crippen LogP contribution < -0.4 is 5.32 Å². The molecule has 26 heavy (non-hydrogen) atoms. The highest BCUT2D eigenvalue weighted by Crippen LogP contribution is 2.25. The highest BCUT2D eigenvalue weighted by Gasteiger charge is 2.26. The maximum absolute atomic E-state index is 13.7. The van der Waals surface area contributed by atoms with Crippen LogP contribution in [0.3, 0.4) is 0 Å². The second-order valence-corrected chi connectivity index (χ2v) is 6.92. The molecule has 2 rings (SSSR count). The molecule has 1 unspecified atom stereocenters. The summed E-state index contributed by atoms with van der Waals surface area (Å²) in [7, 11) is 0. The summed E-state index contributed by atoms with van der Waals surface area (Å²) in [5, 5.41) is 11.7. The molecule has 0 aromatic heterocycles. The Labute approximate surface area is 148 Å². The number of aliphatic hydroxyl groups is 1. The van der Waals surface area contributed by atoms with E-state index in [1.807, 2.05) is 20.8 Å². The van der Waals surface area contributed by atoms with Gasteiger partial charge in [-0.25, -0.2) is 17.6 Å². The lowest BCUT2D eigenvalue weighted by Crippen LogP contribution is -2.32. The third kappa shape index (κ3) is 4.04. The molecule has 0 saturated heterocycles. The van der Waals surface area contributed by atoms with E-state index >= 15 is 0 Å². The van der Waals surface area contributed by atoms with Gasteiger partial charge in [-0.05, 0) is 16.5 Å². The molecule has 1 amide bonds. The van der Waals surface area contributed by atoms with Crippen LogP contribution in [0.25, 0.3) is 0 Å². The zero-order valence-electron chi connectivity index (χ0n) is 14.5. The number of hydrogen-bond acceptors (Lipinski definition) is 2. The van der Waals surface area contributed by atoms with Crippen LogP contribution in [-0.2, 0) is 5.41 Å². The van der Waals surface area contributed by atoms with Gasteiger partial charge in [-0.15, -0.1) is 0 Å². The van der Waals surface area contributed by atoms with Gasteiger partial charge in [-0.1, -0.05) is 45.0 Å². The molecule has 0 radical (unpaired) electrons. The number of halogens is 4. The Kier molecular flexibility index (Phi) is 5.71. The zero-order chi connectivity index (χ0) is 19.6. The molecular formula is C19H19F4NO2. The minimum atomic E-state index is -1.79. The van der Waals surface area contributed by atoms with E-state index in [1.165, 1.54) is 0 Å². The van der Waals surface area contributed by atoms with E-state index in [1.54, 1.807) is 24.3 Å². The van der Waals surface area contributed by atoms with Gasteiger partial charge >= 0.3 is 0 Å². The Hall–Kier alpha value is -2.41. The van der Waals surface area contributed by atoms with Gasteiger partial charge in [-0.3, -0.25) is 4.79 Å². The molecule has 0 aliphatic rings. The molecule has 3 nitrogen and oxygen atoms in total. The Balaban J connectivity index is 2.30. The number of rotatable bonds is 4. The van der Waals surface area contributed by atoms with Crippen molar-refractivity contribution in [2.45, 2.75) is 32.2 Å². The SMILES string of the molecule is CC(C)(C)c1ccc(C(CO)NC(=O)c2c(F)c(F)cc(F)c2F)cc1. The van der Waals surface area contributed by atoms with E-state index in [-0.39, 0.29) is 11.5 Å². The molecule has 0 spiro atoms. The Morgan fingerprint density at radius 1 is 1.04 bits per heavy atom. The molecule has 0 bridgehead atoms. The topological polar surface area (TPSA) is 49.3 Å². The molecule has 0 aliphatic heterocycles. The van der Waals surface area contributed by atoms with Crippen molar-refractivity contribution in [3.8, 4) is 0 Å². The van der Waals surface area contributed by atoms with Gasteiger partial charge in [0.15, 0.2) is 23.3 Å². The van der Waals surface area contributed by atoms with Crippen molar-refractivity contribution in [1.82, 2.24) is 5.32 Å². The number of carbonyl (C=O) groups excluding carboxylic acids is 1. The van der Waals surface area contributed by atoms with E-state index < -0.39 is 47.4 Å². The predicted molar refractivity (Wildman–Crippen MR) is 88.7 cm³/mol. The monoisotopic (exact) mass is 369 g/mol. The first-order valence-corrected chi connectivity index (χ1v) is 7.91. The minimum Gasteiger partial charge on any atom is -0.394 e. The van der Waals surface area contributed by atoms with Crippen molar-refractivity contribution in [3.63, 3.8) is 0 Å². The van der Waals surface area contributed by atoms with Crippen molar-refractivity contribution >= 4 is 5.91 Å². The van der Waals surface area contributed by atoms with Gasteiger partial charge in [0.05, 0.1) is 12.6 Å². The van der Waals surface area contributed by atoms with Crippen molar-refractivity contribution in [2.75, 3.05) is 6.61 Å². The summed E-state index contributed by atoms with van der Waals surface area (Å²) in [5.41, 5.74) is 0.00864. The number of amides is 1. The lowest BCUT2D eigenvalue weighted by atomic mass is 9.86. The summed E-state index contributed by atoms with van der Waals surface area (Å²) in [6.45, 7) is 5.47. The van der Waals surface area contributed by atoms with E-state index in [0.717, 1.165) is 5.56 Å². The van der Waals surface area contributed by atoms with Gasteiger partial charge in [0, 0.05) is 6.07 Å². The fourth-order valence-corrected chi connectivity index (χ4v) is 2.45. The van der Waals surface area contributed by atoms with Gasteiger partial charge in [0.1, 0.15) is 5.56 Å². The van der Waals surface area contributed by atoms with Crippen LogP contribution in [0.1, 0.15) is 48.3 Å². The molecule has 7 heteroatoms. The third-order valence-electron chi connectivity index (χ3n) is 4.01. The molecule has 0 saturated carbocycles. The molecular weight excluding hydrogens is 350 g/mol. The lowest BCUT2D eigenvalue weighted by molar-refractivity contribution is 0.0905. The van der Waals surface area contributed by atoms with Crippen LogP contribution in [0.15, 0.2) is 30.3 Å². The van der Waals surface area contributed by atoms with E-state index in [0.29, 0.717) is 5.56 Å². The van der Waals surface area contributed by atoms with Crippen LogP contribution in [0.4, 0.5) is 17.6 Å². The highest BCUT2D eigenvalue weighted by atomic mass is 19.2. The first-order valence-electron chi connectivity index (χ1n) is 7.91. The highest BCUT2D eigenvalue weighted by molar-refractivity contribution is 5.95. The number of hydrogen-bond donors (Lipinski definition) is 2. The second kappa shape index (κ2) is 7.45. The fourth-order valence-electron chi connectivity index (χ4n) is 2.45. The maximum Gasteiger partial charge on any atom is 0.258 e. The molecule has 0 fully saturated rings. The first-order chi connectivity index (χ1) is 12.1. The van der Waals surface area contributed by atoms with Gasteiger partial charge in [0.2, 0.25) is 0 Å². The first kappa shape index (κ1) is 19.9. The molecule has 140 valence electrons. The summed E-state index contributed by atoms with van der Waals surface area (Å²) in [5.74, 6) is -8.30. The largest absolute Gasteiger partial charge is 0.394 e. The summed E-state index contributed by atoms with van der Waals surface area (Å²) in [6.07, 6.45) is 0. The van der Waals surface area contributed by atoms with E-state index in [9.17, 15) is 27.5 Å².